The van der Waals surface area contributed by atoms with Gasteiger partial charge in [-0.3, -0.25) is 4.79 Å². The van der Waals surface area contributed by atoms with Gasteiger partial charge in [-0.15, -0.1) is 0 Å². The van der Waals surface area contributed by atoms with Gasteiger partial charge in [0.05, 0.1) is 11.6 Å². The van der Waals surface area contributed by atoms with Crippen molar-refractivity contribution < 1.29 is 9.18 Å². The Morgan fingerprint density at radius 3 is 2.18 bits per heavy atom. The number of halogens is 2. The van der Waals surface area contributed by atoms with Crippen LogP contribution in [0.25, 0.3) is 0 Å². The smallest absolute Gasteiger partial charge is 0.252 e. The fraction of sp³-hybridized carbons (Fsp3) is 0.278. The van der Waals surface area contributed by atoms with E-state index in [4.69, 9.17) is 0 Å². The van der Waals surface area contributed by atoms with Gasteiger partial charge in [0.25, 0.3) is 5.91 Å². The van der Waals surface area contributed by atoms with Crippen molar-refractivity contribution in [3.63, 3.8) is 0 Å². The predicted octanol–water partition coefficient (Wildman–Crippen LogP) is 5.20. The Hall–Kier alpha value is -1.68. The third kappa shape index (κ3) is 3.95. The maximum absolute atomic E-state index is 13.1. The van der Waals surface area contributed by atoms with Crippen LogP contribution in [0.3, 0.4) is 0 Å². The topological polar surface area (TPSA) is 29.1 Å². The maximum atomic E-state index is 13.1. The van der Waals surface area contributed by atoms with E-state index >= 15 is 0 Å². The number of hydrogen-bond acceptors (Lipinski definition) is 1. The van der Waals surface area contributed by atoms with Crippen molar-refractivity contribution in [2.75, 3.05) is 0 Å². The molecule has 2 aromatic carbocycles. The van der Waals surface area contributed by atoms with Gasteiger partial charge < -0.3 is 5.32 Å². The van der Waals surface area contributed by atoms with Crippen LogP contribution in [0.15, 0.2) is 46.9 Å². The summed E-state index contributed by atoms with van der Waals surface area (Å²) in [4.78, 5) is 12.3. The SMILES string of the molecule is CC(C)c1ccc(C(C)NC(=O)c2ccc(F)cc2Br)cc1. The van der Waals surface area contributed by atoms with Crippen LogP contribution >= 0.6 is 15.9 Å². The molecule has 0 saturated heterocycles. The first-order valence-corrected chi connectivity index (χ1v) is 8.03. The number of amides is 1. The van der Waals surface area contributed by atoms with Crippen molar-refractivity contribution >= 4 is 21.8 Å². The molecule has 2 aromatic rings. The molecule has 1 amide bonds. The Bertz CT molecular complexity index is 667. The molecule has 2 rings (SSSR count). The molecule has 0 aromatic heterocycles. The van der Waals surface area contributed by atoms with E-state index in [2.05, 4.69) is 47.2 Å². The summed E-state index contributed by atoms with van der Waals surface area (Å²) in [6, 6.07) is 12.1. The average molecular weight is 364 g/mol. The van der Waals surface area contributed by atoms with Crippen molar-refractivity contribution in [1.29, 1.82) is 0 Å². The van der Waals surface area contributed by atoms with Gasteiger partial charge in [-0.25, -0.2) is 4.39 Å². The molecule has 2 nitrogen and oxygen atoms in total. The summed E-state index contributed by atoms with van der Waals surface area (Å²) in [5.74, 6) is -0.123. The minimum Gasteiger partial charge on any atom is -0.345 e. The van der Waals surface area contributed by atoms with E-state index in [-0.39, 0.29) is 17.8 Å². The highest BCUT2D eigenvalue weighted by Crippen LogP contribution is 2.21. The van der Waals surface area contributed by atoms with Crippen molar-refractivity contribution in [1.82, 2.24) is 5.32 Å². The van der Waals surface area contributed by atoms with Crippen molar-refractivity contribution in [3.8, 4) is 0 Å². The molecule has 0 aliphatic carbocycles. The fourth-order valence-electron chi connectivity index (χ4n) is 2.20. The number of carbonyl (C=O) groups excluding carboxylic acids is 1. The molecular formula is C18H19BrFNO. The van der Waals surface area contributed by atoms with E-state index in [0.29, 0.717) is 16.0 Å². The summed E-state index contributed by atoms with van der Waals surface area (Å²) in [5, 5.41) is 2.93. The van der Waals surface area contributed by atoms with Gasteiger partial charge in [0.15, 0.2) is 0 Å². The zero-order chi connectivity index (χ0) is 16.3. The zero-order valence-electron chi connectivity index (χ0n) is 12.9. The lowest BCUT2D eigenvalue weighted by atomic mass is 9.99. The molecule has 0 heterocycles. The van der Waals surface area contributed by atoms with E-state index < -0.39 is 0 Å². The minimum atomic E-state index is -0.374. The van der Waals surface area contributed by atoms with Crippen molar-refractivity contribution in [2.24, 2.45) is 0 Å². The predicted molar refractivity (Wildman–Crippen MR) is 90.5 cm³/mol. The van der Waals surface area contributed by atoms with Gasteiger partial charge in [-0.2, -0.15) is 0 Å². The van der Waals surface area contributed by atoms with Crippen LogP contribution in [0.5, 0.6) is 0 Å². The van der Waals surface area contributed by atoms with Crippen LogP contribution in [0.4, 0.5) is 4.39 Å². The van der Waals surface area contributed by atoms with Crippen LogP contribution in [-0.4, -0.2) is 5.91 Å². The summed E-state index contributed by atoms with van der Waals surface area (Å²) >= 11 is 3.22. The molecule has 0 aliphatic heterocycles. The highest BCUT2D eigenvalue weighted by atomic mass is 79.9. The quantitative estimate of drug-likeness (QED) is 0.794. The third-order valence-electron chi connectivity index (χ3n) is 3.63. The Labute approximate surface area is 138 Å². The molecule has 1 unspecified atom stereocenters. The Morgan fingerprint density at radius 2 is 1.64 bits per heavy atom. The highest BCUT2D eigenvalue weighted by molar-refractivity contribution is 9.10. The van der Waals surface area contributed by atoms with E-state index in [1.54, 1.807) is 0 Å². The van der Waals surface area contributed by atoms with E-state index in [9.17, 15) is 9.18 Å². The summed E-state index contributed by atoms with van der Waals surface area (Å²) in [6.07, 6.45) is 0. The number of hydrogen-bond donors (Lipinski definition) is 1. The average Bonchev–Trinajstić information content (AvgIpc) is 2.47. The molecule has 22 heavy (non-hydrogen) atoms. The highest BCUT2D eigenvalue weighted by Gasteiger charge is 2.14. The summed E-state index contributed by atoms with van der Waals surface area (Å²) in [7, 11) is 0. The molecule has 0 aliphatic rings. The van der Waals surface area contributed by atoms with Crippen LogP contribution in [0.1, 0.15) is 54.2 Å². The largest absolute Gasteiger partial charge is 0.345 e. The molecule has 1 N–H and O–H groups in total. The molecule has 0 fully saturated rings. The monoisotopic (exact) mass is 363 g/mol. The first kappa shape index (κ1) is 16.7. The van der Waals surface area contributed by atoms with Gasteiger partial charge in [0.1, 0.15) is 5.82 Å². The molecule has 4 heteroatoms. The van der Waals surface area contributed by atoms with Gasteiger partial charge in [0, 0.05) is 4.47 Å². The fourth-order valence-corrected chi connectivity index (χ4v) is 2.73. The number of rotatable bonds is 4. The second kappa shape index (κ2) is 7.05. The van der Waals surface area contributed by atoms with Crippen molar-refractivity contribution in [2.45, 2.75) is 32.7 Å². The maximum Gasteiger partial charge on any atom is 0.252 e. The number of carbonyl (C=O) groups is 1. The molecule has 0 spiro atoms. The minimum absolute atomic E-state index is 0.120. The molecule has 116 valence electrons. The molecule has 1 atom stereocenters. The molecule has 0 saturated carbocycles. The lowest BCUT2D eigenvalue weighted by Crippen LogP contribution is -2.27. The summed E-state index contributed by atoms with van der Waals surface area (Å²) in [6.45, 7) is 6.22. The van der Waals surface area contributed by atoms with Gasteiger partial charge in [0.2, 0.25) is 0 Å². The second-order valence-electron chi connectivity index (χ2n) is 5.64. The molecule has 0 radical (unpaired) electrons. The Kier molecular flexibility index (Phi) is 5.35. The molecule has 0 bridgehead atoms. The lowest BCUT2D eigenvalue weighted by Gasteiger charge is -2.16. The third-order valence-corrected chi connectivity index (χ3v) is 4.28. The molecular weight excluding hydrogens is 345 g/mol. The van der Waals surface area contributed by atoms with Crippen LogP contribution in [-0.2, 0) is 0 Å². The first-order valence-electron chi connectivity index (χ1n) is 7.24. The number of benzene rings is 2. The Morgan fingerprint density at radius 1 is 1.05 bits per heavy atom. The van der Waals surface area contributed by atoms with Gasteiger partial charge in [-0.1, -0.05) is 38.1 Å². The van der Waals surface area contributed by atoms with Crippen LogP contribution in [0, 0.1) is 5.82 Å². The van der Waals surface area contributed by atoms with E-state index in [0.717, 1.165) is 5.56 Å². The lowest BCUT2D eigenvalue weighted by molar-refractivity contribution is 0.0939. The standard InChI is InChI=1S/C18H19BrFNO/c1-11(2)13-4-6-14(7-5-13)12(3)21-18(22)16-9-8-15(20)10-17(16)19/h4-12H,1-3H3,(H,21,22). The second-order valence-corrected chi connectivity index (χ2v) is 6.50. The Balaban J connectivity index is 2.10. The number of nitrogens with one attached hydrogen (secondary N) is 1. The van der Waals surface area contributed by atoms with Gasteiger partial charge >= 0.3 is 0 Å². The van der Waals surface area contributed by atoms with Gasteiger partial charge in [-0.05, 0) is 58.1 Å². The van der Waals surface area contributed by atoms with Crippen molar-refractivity contribution in [3.05, 3.63) is 69.4 Å². The van der Waals surface area contributed by atoms with Crippen LogP contribution in [0.2, 0.25) is 0 Å². The van der Waals surface area contributed by atoms with Crippen LogP contribution < -0.4 is 5.32 Å². The first-order chi connectivity index (χ1) is 10.4. The normalized spacial score (nSPS) is 12.3. The van der Waals surface area contributed by atoms with E-state index in [1.165, 1.54) is 23.8 Å². The summed E-state index contributed by atoms with van der Waals surface area (Å²) in [5.41, 5.74) is 2.73. The zero-order valence-corrected chi connectivity index (χ0v) is 14.4. The summed E-state index contributed by atoms with van der Waals surface area (Å²) < 4.78 is 13.5. The van der Waals surface area contributed by atoms with E-state index in [1.807, 2.05) is 19.1 Å².